The highest BCUT2D eigenvalue weighted by Crippen LogP contribution is 2.34. The molecule has 2 aromatic carbocycles. The molecule has 0 bridgehead atoms. The number of hydrogen-bond donors (Lipinski definition) is 1. The molecule has 100 valence electrons. The highest BCUT2D eigenvalue weighted by molar-refractivity contribution is 9.10. The summed E-state index contributed by atoms with van der Waals surface area (Å²) in [6.07, 6.45) is 0. The highest BCUT2D eigenvalue weighted by atomic mass is 79.9. The van der Waals surface area contributed by atoms with Crippen LogP contribution in [0.3, 0.4) is 0 Å². The van der Waals surface area contributed by atoms with Gasteiger partial charge >= 0.3 is 0 Å². The van der Waals surface area contributed by atoms with Crippen LogP contribution >= 0.6 is 27.5 Å². The second kappa shape index (κ2) is 6.37. The van der Waals surface area contributed by atoms with Crippen molar-refractivity contribution in [1.29, 1.82) is 0 Å². The van der Waals surface area contributed by atoms with E-state index in [-0.39, 0.29) is 5.82 Å². The summed E-state index contributed by atoms with van der Waals surface area (Å²) in [6.45, 7) is 0.591. The zero-order valence-electron chi connectivity index (χ0n) is 10.2. The van der Waals surface area contributed by atoms with Crippen LogP contribution in [0.15, 0.2) is 40.9 Å². The molecule has 0 saturated heterocycles. The minimum atomic E-state index is -0.319. The van der Waals surface area contributed by atoms with Gasteiger partial charge in [0.25, 0.3) is 0 Å². The van der Waals surface area contributed by atoms with Crippen LogP contribution in [-0.2, 0) is 6.54 Å². The van der Waals surface area contributed by atoms with Crippen molar-refractivity contribution < 1.29 is 9.13 Å². The van der Waals surface area contributed by atoms with E-state index >= 15 is 0 Å². The van der Waals surface area contributed by atoms with Gasteiger partial charge in [0.05, 0.1) is 4.47 Å². The first-order chi connectivity index (χ1) is 9.11. The molecule has 2 rings (SSSR count). The van der Waals surface area contributed by atoms with Gasteiger partial charge in [0.15, 0.2) is 0 Å². The second-order valence-corrected chi connectivity index (χ2v) is 5.19. The molecule has 0 fully saturated rings. The van der Waals surface area contributed by atoms with E-state index in [0.29, 0.717) is 27.5 Å². The third-order valence-electron chi connectivity index (χ3n) is 2.54. The van der Waals surface area contributed by atoms with Gasteiger partial charge in [-0.3, -0.25) is 0 Å². The normalized spacial score (nSPS) is 10.5. The molecule has 0 aliphatic rings. The van der Waals surface area contributed by atoms with E-state index in [1.807, 2.05) is 19.2 Å². The van der Waals surface area contributed by atoms with E-state index in [9.17, 15) is 4.39 Å². The lowest BCUT2D eigenvalue weighted by atomic mass is 10.2. The van der Waals surface area contributed by atoms with Crippen molar-refractivity contribution in [3.63, 3.8) is 0 Å². The van der Waals surface area contributed by atoms with Gasteiger partial charge in [-0.15, -0.1) is 0 Å². The van der Waals surface area contributed by atoms with Gasteiger partial charge in [-0.2, -0.15) is 0 Å². The second-order valence-electron chi connectivity index (χ2n) is 3.92. The molecule has 0 aliphatic carbocycles. The van der Waals surface area contributed by atoms with E-state index in [1.165, 1.54) is 12.1 Å². The number of hydrogen-bond acceptors (Lipinski definition) is 2. The monoisotopic (exact) mass is 343 g/mol. The summed E-state index contributed by atoms with van der Waals surface area (Å²) in [6, 6.07) is 9.73. The summed E-state index contributed by atoms with van der Waals surface area (Å²) >= 11 is 9.42. The van der Waals surface area contributed by atoms with Crippen LogP contribution in [0.4, 0.5) is 4.39 Å². The first-order valence-corrected chi connectivity index (χ1v) is 6.84. The fourth-order valence-electron chi connectivity index (χ4n) is 1.66. The van der Waals surface area contributed by atoms with Crippen LogP contribution < -0.4 is 10.1 Å². The summed E-state index contributed by atoms with van der Waals surface area (Å²) in [4.78, 5) is 0. The van der Waals surface area contributed by atoms with Crippen molar-refractivity contribution in [2.24, 2.45) is 0 Å². The zero-order valence-corrected chi connectivity index (χ0v) is 12.6. The van der Waals surface area contributed by atoms with Gasteiger partial charge in [-0.05, 0) is 53.3 Å². The summed E-state index contributed by atoms with van der Waals surface area (Å²) in [5.41, 5.74) is 0.864. The van der Waals surface area contributed by atoms with Gasteiger partial charge in [-0.25, -0.2) is 4.39 Å². The molecular formula is C14H12BrClFNO. The molecule has 0 unspecified atom stereocenters. The summed E-state index contributed by atoms with van der Waals surface area (Å²) in [5.74, 6) is 0.871. The minimum Gasteiger partial charge on any atom is -0.456 e. The zero-order chi connectivity index (χ0) is 13.8. The molecule has 2 nitrogen and oxygen atoms in total. The van der Waals surface area contributed by atoms with Crippen LogP contribution in [0.1, 0.15) is 5.56 Å². The number of halogens is 3. The Hall–Kier alpha value is -1.10. The minimum absolute atomic E-state index is 0.319. The molecule has 0 heterocycles. The third kappa shape index (κ3) is 3.47. The van der Waals surface area contributed by atoms with E-state index in [0.717, 1.165) is 5.56 Å². The molecule has 0 aliphatic heterocycles. The topological polar surface area (TPSA) is 21.3 Å². The first-order valence-electron chi connectivity index (χ1n) is 5.66. The standard InChI is InChI=1S/C14H12BrClFNO/c1-18-8-10-12(16)3-2-4-13(10)19-14-6-5-9(17)7-11(14)15/h2-7,18H,8H2,1H3. The molecule has 0 spiro atoms. The summed E-state index contributed by atoms with van der Waals surface area (Å²) in [5, 5.41) is 3.67. The molecule has 1 N–H and O–H groups in total. The van der Waals surface area contributed by atoms with Crippen molar-refractivity contribution in [3.05, 3.63) is 57.3 Å². The van der Waals surface area contributed by atoms with Gasteiger partial charge < -0.3 is 10.1 Å². The maximum absolute atomic E-state index is 13.0. The maximum atomic E-state index is 13.0. The molecule has 0 aromatic heterocycles. The third-order valence-corrected chi connectivity index (χ3v) is 3.52. The lowest BCUT2D eigenvalue weighted by Gasteiger charge is -2.13. The Morgan fingerprint density at radius 2 is 2.05 bits per heavy atom. The van der Waals surface area contributed by atoms with Crippen LogP contribution in [-0.4, -0.2) is 7.05 Å². The van der Waals surface area contributed by atoms with Crippen molar-refractivity contribution >= 4 is 27.5 Å². The molecule has 0 amide bonds. The van der Waals surface area contributed by atoms with Crippen LogP contribution in [0.25, 0.3) is 0 Å². The van der Waals surface area contributed by atoms with E-state index in [1.54, 1.807) is 12.1 Å². The fourth-order valence-corrected chi connectivity index (χ4v) is 2.32. The lowest BCUT2D eigenvalue weighted by Crippen LogP contribution is -2.07. The average Bonchev–Trinajstić information content (AvgIpc) is 2.37. The van der Waals surface area contributed by atoms with Gasteiger partial charge in [-0.1, -0.05) is 17.7 Å². The molecule has 19 heavy (non-hydrogen) atoms. The largest absolute Gasteiger partial charge is 0.456 e. The fraction of sp³-hybridized carbons (Fsp3) is 0.143. The highest BCUT2D eigenvalue weighted by Gasteiger charge is 2.10. The Bertz CT molecular complexity index is 592. The Morgan fingerprint density at radius 3 is 2.74 bits per heavy atom. The number of rotatable bonds is 4. The number of benzene rings is 2. The number of ether oxygens (including phenoxy) is 1. The summed E-state index contributed by atoms with van der Waals surface area (Å²) in [7, 11) is 1.83. The Labute approximate surface area is 124 Å². The van der Waals surface area contributed by atoms with Crippen LogP contribution in [0.2, 0.25) is 5.02 Å². The Balaban J connectivity index is 2.35. The van der Waals surface area contributed by atoms with Crippen LogP contribution in [0.5, 0.6) is 11.5 Å². The molecule has 0 radical (unpaired) electrons. The molecule has 0 saturated carbocycles. The lowest BCUT2D eigenvalue weighted by molar-refractivity contribution is 0.469. The van der Waals surface area contributed by atoms with E-state index < -0.39 is 0 Å². The maximum Gasteiger partial charge on any atom is 0.141 e. The van der Waals surface area contributed by atoms with Crippen molar-refractivity contribution in [2.75, 3.05) is 7.05 Å². The first kappa shape index (κ1) is 14.3. The Morgan fingerprint density at radius 1 is 1.26 bits per heavy atom. The number of nitrogens with one attached hydrogen (secondary N) is 1. The smallest absolute Gasteiger partial charge is 0.141 e. The van der Waals surface area contributed by atoms with Gasteiger partial charge in [0.2, 0.25) is 0 Å². The van der Waals surface area contributed by atoms with Crippen molar-refractivity contribution in [1.82, 2.24) is 5.32 Å². The Kier molecular flexibility index (Phi) is 4.80. The van der Waals surface area contributed by atoms with Gasteiger partial charge in [0.1, 0.15) is 17.3 Å². The van der Waals surface area contributed by atoms with Crippen LogP contribution in [0, 0.1) is 5.82 Å². The molecule has 0 atom stereocenters. The van der Waals surface area contributed by atoms with Crippen molar-refractivity contribution in [3.8, 4) is 11.5 Å². The van der Waals surface area contributed by atoms with Gasteiger partial charge in [0, 0.05) is 17.1 Å². The average molecular weight is 345 g/mol. The molecule has 2 aromatic rings. The van der Waals surface area contributed by atoms with Crippen molar-refractivity contribution in [2.45, 2.75) is 6.54 Å². The molecular weight excluding hydrogens is 333 g/mol. The predicted octanol–water partition coefficient (Wildman–Crippen LogP) is 4.75. The molecule has 5 heteroatoms. The quantitative estimate of drug-likeness (QED) is 0.864. The SMILES string of the molecule is CNCc1c(Cl)cccc1Oc1ccc(F)cc1Br. The summed E-state index contributed by atoms with van der Waals surface area (Å²) < 4.78 is 19.4. The van der Waals surface area contributed by atoms with E-state index in [4.69, 9.17) is 16.3 Å². The predicted molar refractivity (Wildman–Crippen MR) is 78.4 cm³/mol. The van der Waals surface area contributed by atoms with E-state index in [2.05, 4.69) is 21.2 Å².